The maximum absolute atomic E-state index is 12.8. The van der Waals surface area contributed by atoms with Crippen LogP contribution in [0.4, 0.5) is 16.2 Å². The first kappa shape index (κ1) is 28.6. The quantitative estimate of drug-likeness (QED) is 0.307. The minimum Gasteiger partial charge on any atom is -0.484 e. The van der Waals surface area contributed by atoms with Gasteiger partial charge in [-0.2, -0.15) is 0 Å². The molecule has 3 aromatic carbocycles. The summed E-state index contributed by atoms with van der Waals surface area (Å²) in [7, 11) is 0. The van der Waals surface area contributed by atoms with Gasteiger partial charge >= 0.3 is 0 Å². The third kappa shape index (κ3) is 7.18. The zero-order chi connectivity index (χ0) is 28.8. The van der Waals surface area contributed by atoms with E-state index in [0.717, 1.165) is 39.0 Å². The van der Waals surface area contributed by atoms with Crippen molar-refractivity contribution in [2.24, 2.45) is 0 Å². The van der Waals surface area contributed by atoms with Crippen molar-refractivity contribution >= 4 is 52.2 Å². The molecule has 0 atom stereocenters. The molecule has 1 heterocycles. The van der Waals surface area contributed by atoms with E-state index in [2.05, 4.69) is 24.5 Å². The van der Waals surface area contributed by atoms with Gasteiger partial charge in [0.25, 0.3) is 17.1 Å². The molecule has 0 saturated carbocycles. The minimum atomic E-state index is -0.524. The van der Waals surface area contributed by atoms with Crippen LogP contribution in [-0.2, 0) is 14.4 Å². The van der Waals surface area contributed by atoms with Gasteiger partial charge in [-0.3, -0.25) is 24.1 Å². The summed E-state index contributed by atoms with van der Waals surface area (Å²) in [6.45, 7) is 7.51. The molecular formula is C31H31N3O5S. The Hall–Kier alpha value is -4.37. The van der Waals surface area contributed by atoms with Crippen molar-refractivity contribution < 1.29 is 23.9 Å². The standard InChI is InChI=1S/C31H31N3O5S/c1-19(2)25-7-5-6-8-26(25)33-29(36)18-39-24-13-10-22(11-14-24)16-27-30(37)34(31(38)40-27)17-28(35)32-23-12-9-20(3)21(4)15-23/h5-16,19H,17-18H2,1-4H3,(H,32,35)(H,33,36)/b27-16+. The number of anilines is 2. The largest absolute Gasteiger partial charge is 0.484 e. The van der Waals surface area contributed by atoms with E-state index in [0.29, 0.717) is 17.0 Å². The second kappa shape index (κ2) is 12.7. The molecular weight excluding hydrogens is 526 g/mol. The number of imide groups is 1. The summed E-state index contributed by atoms with van der Waals surface area (Å²) in [5.41, 5.74) is 5.22. The molecule has 4 rings (SSSR count). The van der Waals surface area contributed by atoms with Crippen LogP contribution >= 0.6 is 11.8 Å². The second-order valence-electron chi connectivity index (χ2n) is 9.76. The number of nitrogens with one attached hydrogen (secondary N) is 2. The Balaban J connectivity index is 1.31. The van der Waals surface area contributed by atoms with E-state index in [-0.39, 0.29) is 29.9 Å². The van der Waals surface area contributed by atoms with Crippen molar-refractivity contribution in [1.82, 2.24) is 4.90 Å². The van der Waals surface area contributed by atoms with Gasteiger partial charge in [0.15, 0.2) is 6.61 Å². The number of ether oxygens (including phenoxy) is 1. The fraction of sp³-hybridized carbons (Fsp3) is 0.226. The number of para-hydroxylation sites is 1. The van der Waals surface area contributed by atoms with Crippen LogP contribution in [0.5, 0.6) is 5.75 Å². The van der Waals surface area contributed by atoms with E-state index >= 15 is 0 Å². The van der Waals surface area contributed by atoms with Gasteiger partial charge in [0.1, 0.15) is 12.3 Å². The molecule has 0 radical (unpaired) electrons. The first-order chi connectivity index (χ1) is 19.1. The molecule has 40 heavy (non-hydrogen) atoms. The average molecular weight is 558 g/mol. The lowest BCUT2D eigenvalue weighted by Crippen LogP contribution is -2.36. The lowest BCUT2D eigenvalue weighted by Gasteiger charge is -2.14. The zero-order valence-electron chi connectivity index (χ0n) is 22.8. The molecule has 8 nitrogen and oxygen atoms in total. The van der Waals surface area contributed by atoms with E-state index in [9.17, 15) is 19.2 Å². The van der Waals surface area contributed by atoms with Crippen LogP contribution in [0.15, 0.2) is 71.6 Å². The summed E-state index contributed by atoms with van der Waals surface area (Å²) in [5.74, 6) is -0.492. The Kier molecular flexibility index (Phi) is 9.06. The fourth-order valence-electron chi connectivity index (χ4n) is 4.06. The Morgan fingerprint density at radius 3 is 2.35 bits per heavy atom. The van der Waals surface area contributed by atoms with Crippen LogP contribution in [0.3, 0.4) is 0 Å². The molecule has 4 amide bonds. The van der Waals surface area contributed by atoms with E-state index in [1.54, 1.807) is 36.4 Å². The molecule has 0 aliphatic carbocycles. The smallest absolute Gasteiger partial charge is 0.294 e. The Bertz CT molecular complexity index is 1480. The summed E-state index contributed by atoms with van der Waals surface area (Å²) in [4.78, 5) is 51.3. The first-order valence-electron chi connectivity index (χ1n) is 12.8. The maximum atomic E-state index is 12.8. The molecule has 0 bridgehead atoms. The maximum Gasteiger partial charge on any atom is 0.294 e. The average Bonchev–Trinajstić information content (AvgIpc) is 3.17. The van der Waals surface area contributed by atoms with E-state index < -0.39 is 17.1 Å². The molecule has 0 aromatic heterocycles. The molecule has 9 heteroatoms. The monoisotopic (exact) mass is 557 g/mol. The Labute approximate surface area is 237 Å². The SMILES string of the molecule is Cc1ccc(NC(=O)CN2C(=O)S/C(=C/c3ccc(OCC(=O)Nc4ccccc4C(C)C)cc3)C2=O)cc1C. The zero-order valence-corrected chi connectivity index (χ0v) is 23.6. The van der Waals surface area contributed by atoms with Crippen LogP contribution in [0.25, 0.3) is 6.08 Å². The van der Waals surface area contributed by atoms with Gasteiger partial charge in [-0.25, -0.2) is 0 Å². The predicted octanol–water partition coefficient (Wildman–Crippen LogP) is 6.12. The number of thioether (sulfide) groups is 1. The molecule has 1 fully saturated rings. The number of rotatable bonds is 9. The predicted molar refractivity (Wildman–Crippen MR) is 158 cm³/mol. The van der Waals surface area contributed by atoms with Crippen molar-refractivity contribution in [3.63, 3.8) is 0 Å². The van der Waals surface area contributed by atoms with Crippen molar-refractivity contribution in [2.45, 2.75) is 33.6 Å². The first-order valence-corrected chi connectivity index (χ1v) is 13.7. The number of carbonyl (C=O) groups is 4. The topological polar surface area (TPSA) is 105 Å². The Morgan fingerprint density at radius 2 is 1.65 bits per heavy atom. The van der Waals surface area contributed by atoms with Crippen molar-refractivity contribution in [2.75, 3.05) is 23.8 Å². The van der Waals surface area contributed by atoms with Gasteiger partial charge in [-0.05, 0) is 90.2 Å². The molecule has 0 unspecified atom stereocenters. The number of nitrogens with zero attached hydrogens (tertiary/aromatic N) is 1. The van der Waals surface area contributed by atoms with Crippen LogP contribution in [0.2, 0.25) is 0 Å². The summed E-state index contributed by atoms with van der Waals surface area (Å²) in [6.07, 6.45) is 1.59. The number of carbonyl (C=O) groups excluding carboxylic acids is 4. The van der Waals surface area contributed by atoms with E-state index in [4.69, 9.17) is 4.74 Å². The van der Waals surface area contributed by atoms with Crippen molar-refractivity contribution in [1.29, 1.82) is 0 Å². The molecule has 0 spiro atoms. The highest BCUT2D eigenvalue weighted by atomic mass is 32.2. The lowest BCUT2D eigenvalue weighted by molar-refractivity contribution is -0.127. The van der Waals surface area contributed by atoms with Crippen LogP contribution in [0, 0.1) is 13.8 Å². The summed E-state index contributed by atoms with van der Waals surface area (Å²) < 4.78 is 5.62. The van der Waals surface area contributed by atoms with Gasteiger partial charge in [-0.15, -0.1) is 0 Å². The lowest BCUT2D eigenvalue weighted by atomic mass is 10.0. The summed E-state index contributed by atoms with van der Waals surface area (Å²) >= 11 is 0.786. The third-order valence-electron chi connectivity index (χ3n) is 6.37. The van der Waals surface area contributed by atoms with Crippen molar-refractivity contribution in [3.8, 4) is 5.75 Å². The molecule has 1 aliphatic heterocycles. The number of aryl methyl sites for hydroxylation is 2. The normalized spacial score (nSPS) is 14.1. The van der Waals surface area contributed by atoms with Gasteiger partial charge in [0.2, 0.25) is 5.91 Å². The molecule has 1 saturated heterocycles. The number of benzene rings is 3. The fourth-order valence-corrected chi connectivity index (χ4v) is 4.90. The highest BCUT2D eigenvalue weighted by Crippen LogP contribution is 2.32. The van der Waals surface area contributed by atoms with Crippen molar-refractivity contribution in [3.05, 3.63) is 93.9 Å². The van der Waals surface area contributed by atoms with Gasteiger partial charge in [0, 0.05) is 11.4 Å². The highest BCUT2D eigenvalue weighted by Gasteiger charge is 2.36. The molecule has 3 aromatic rings. The van der Waals surface area contributed by atoms with E-state index in [1.165, 1.54) is 0 Å². The van der Waals surface area contributed by atoms with Crippen LogP contribution in [-0.4, -0.2) is 41.0 Å². The number of hydrogen-bond donors (Lipinski definition) is 2. The van der Waals surface area contributed by atoms with Gasteiger partial charge in [-0.1, -0.05) is 50.2 Å². The minimum absolute atomic E-state index is 0.158. The van der Waals surface area contributed by atoms with Crippen LogP contribution < -0.4 is 15.4 Å². The highest BCUT2D eigenvalue weighted by molar-refractivity contribution is 8.18. The summed E-state index contributed by atoms with van der Waals surface area (Å²) in [6, 6.07) is 20.0. The summed E-state index contributed by atoms with van der Waals surface area (Å²) in [5, 5.41) is 5.12. The third-order valence-corrected chi connectivity index (χ3v) is 7.28. The van der Waals surface area contributed by atoms with Crippen LogP contribution in [0.1, 0.15) is 42.0 Å². The molecule has 1 aliphatic rings. The van der Waals surface area contributed by atoms with Gasteiger partial charge < -0.3 is 15.4 Å². The van der Waals surface area contributed by atoms with Gasteiger partial charge in [0.05, 0.1) is 4.91 Å². The number of amides is 4. The van der Waals surface area contributed by atoms with E-state index in [1.807, 2.05) is 50.2 Å². The molecule has 206 valence electrons. The second-order valence-corrected chi connectivity index (χ2v) is 10.8. The Morgan fingerprint density at radius 1 is 0.925 bits per heavy atom. The molecule has 2 N–H and O–H groups in total. The number of hydrogen-bond acceptors (Lipinski definition) is 6.